The number of hydrogen-bond acceptors (Lipinski definition) is 4. The number of benzene rings is 3. The van der Waals surface area contributed by atoms with Gasteiger partial charge in [-0.05, 0) is 54.3 Å². The van der Waals surface area contributed by atoms with Crippen molar-refractivity contribution < 1.29 is 19.1 Å². The molecule has 6 nitrogen and oxygen atoms in total. The Balaban J connectivity index is 1.58. The summed E-state index contributed by atoms with van der Waals surface area (Å²) in [4.78, 5) is 28.6. The van der Waals surface area contributed by atoms with Gasteiger partial charge in [0.2, 0.25) is 11.8 Å². The molecule has 0 spiro atoms. The first-order chi connectivity index (χ1) is 17.5. The van der Waals surface area contributed by atoms with Crippen molar-refractivity contribution in [2.45, 2.75) is 38.8 Å². The molecule has 188 valence electrons. The first-order valence-corrected chi connectivity index (χ1v) is 12.7. The summed E-state index contributed by atoms with van der Waals surface area (Å²) >= 11 is 6.22. The quantitative estimate of drug-likeness (QED) is 0.428. The number of likely N-dealkylation sites (N-methyl/N-ethyl adjacent to an activating group) is 1. The highest BCUT2D eigenvalue weighted by atomic mass is 35.5. The zero-order valence-electron chi connectivity index (χ0n) is 20.4. The Morgan fingerprint density at radius 2 is 1.67 bits per heavy atom. The number of nitrogens with zero attached hydrogens (tertiary/aromatic N) is 1. The Labute approximate surface area is 217 Å². The number of rotatable bonds is 10. The van der Waals surface area contributed by atoms with E-state index in [4.69, 9.17) is 21.1 Å². The van der Waals surface area contributed by atoms with Gasteiger partial charge >= 0.3 is 0 Å². The number of ether oxygens (including phenoxy) is 2. The standard InChI is InChI=1S/C29H31ClN2O4/c1-2-31-29(34)25(18-21-7-4-3-5-8-21)32(20-23-9-6-10-24(30)17-23)28(33)14-12-22-11-13-26-27(19-22)36-16-15-35-26/h3-11,13,17,19,25H,2,12,14-16,18,20H2,1H3,(H,31,34)/t25-/m0/s1. The molecule has 1 heterocycles. The number of fused-ring (bicyclic) bond motifs is 1. The summed E-state index contributed by atoms with van der Waals surface area (Å²) in [7, 11) is 0. The highest BCUT2D eigenvalue weighted by molar-refractivity contribution is 6.30. The molecule has 0 saturated carbocycles. The largest absolute Gasteiger partial charge is 0.486 e. The summed E-state index contributed by atoms with van der Waals surface area (Å²) < 4.78 is 11.3. The van der Waals surface area contributed by atoms with Gasteiger partial charge in [0, 0.05) is 31.0 Å². The lowest BCUT2D eigenvalue weighted by molar-refractivity contribution is -0.141. The van der Waals surface area contributed by atoms with Crippen LogP contribution in [-0.4, -0.2) is 42.5 Å². The fourth-order valence-corrected chi connectivity index (χ4v) is 4.53. The van der Waals surface area contributed by atoms with E-state index in [-0.39, 0.29) is 24.8 Å². The molecule has 4 rings (SSSR count). The zero-order valence-corrected chi connectivity index (χ0v) is 21.2. The summed E-state index contributed by atoms with van der Waals surface area (Å²) in [5, 5.41) is 3.51. The van der Waals surface area contributed by atoms with Crippen LogP contribution in [0, 0.1) is 0 Å². The minimum absolute atomic E-state index is 0.1000. The fourth-order valence-electron chi connectivity index (χ4n) is 4.32. The van der Waals surface area contributed by atoms with E-state index in [0.717, 1.165) is 22.4 Å². The van der Waals surface area contributed by atoms with E-state index in [2.05, 4.69) is 5.32 Å². The topological polar surface area (TPSA) is 67.9 Å². The highest BCUT2D eigenvalue weighted by Gasteiger charge is 2.30. The van der Waals surface area contributed by atoms with E-state index >= 15 is 0 Å². The van der Waals surface area contributed by atoms with Crippen LogP contribution in [0.4, 0.5) is 0 Å². The molecule has 36 heavy (non-hydrogen) atoms. The van der Waals surface area contributed by atoms with Crippen LogP contribution in [0.15, 0.2) is 72.8 Å². The molecule has 2 amide bonds. The van der Waals surface area contributed by atoms with Gasteiger partial charge in [0.25, 0.3) is 0 Å². The molecule has 1 N–H and O–H groups in total. The van der Waals surface area contributed by atoms with E-state index in [1.54, 1.807) is 11.0 Å². The first kappa shape index (κ1) is 25.6. The van der Waals surface area contributed by atoms with Crippen LogP contribution in [0.1, 0.15) is 30.0 Å². The number of carbonyl (C=O) groups is 2. The van der Waals surface area contributed by atoms with Gasteiger partial charge in [0.15, 0.2) is 11.5 Å². The van der Waals surface area contributed by atoms with Crippen molar-refractivity contribution in [2.75, 3.05) is 19.8 Å². The molecular weight excluding hydrogens is 476 g/mol. The van der Waals surface area contributed by atoms with E-state index in [1.807, 2.05) is 73.7 Å². The SMILES string of the molecule is CCNC(=O)[C@H](Cc1ccccc1)N(Cc1cccc(Cl)c1)C(=O)CCc1ccc2c(c1)OCCO2. The Morgan fingerprint density at radius 1 is 0.917 bits per heavy atom. The van der Waals surface area contributed by atoms with E-state index in [9.17, 15) is 9.59 Å². The molecule has 0 fully saturated rings. The summed E-state index contributed by atoms with van der Waals surface area (Å²) in [6.07, 6.45) is 1.20. The maximum Gasteiger partial charge on any atom is 0.243 e. The maximum absolute atomic E-state index is 13.7. The molecule has 0 unspecified atom stereocenters. The number of amides is 2. The zero-order chi connectivity index (χ0) is 25.3. The average Bonchev–Trinajstić information content (AvgIpc) is 2.90. The summed E-state index contributed by atoms with van der Waals surface area (Å²) in [5.74, 6) is 1.15. The number of halogens is 1. The van der Waals surface area contributed by atoms with Gasteiger partial charge in [0.05, 0.1) is 0 Å². The van der Waals surface area contributed by atoms with Gasteiger partial charge in [-0.1, -0.05) is 60.1 Å². The third-order valence-electron chi connectivity index (χ3n) is 6.10. The molecule has 0 aliphatic carbocycles. The molecular formula is C29H31ClN2O4. The Bertz CT molecular complexity index is 1180. The lowest BCUT2D eigenvalue weighted by Gasteiger charge is -2.31. The van der Waals surface area contributed by atoms with Crippen molar-refractivity contribution in [3.63, 3.8) is 0 Å². The lowest BCUT2D eigenvalue weighted by atomic mass is 10.0. The Hall–Kier alpha value is -3.51. The smallest absolute Gasteiger partial charge is 0.243 e. The second-order valence-electron chi connectivity index (χ2n) is 8.73. The van der Waals surface area contributed by atoms with Crippen LogP contribution in [0.3, 0.4) is 0 Å². The van der Waals surface area contributed by atoms with Crippen molar-refractivity contribution in [3.8, 4) is 11.5 Å². The second-order valence-corrected chi connectivity index (χ2v) is 9.17. The van der Waals surface area contributed by atoms with E-state index < -0.39 is 6.04 Å². The second kappa shape index (κ2) is 12.5. The average molecular weight is 507 g/mol. The molecule has 3 aromatic carbocycles. The van der Waals surface area contributed by atoms with Crippen molar-refractivity contribution in [1.29, 1.82) is 0 Å². The minimum Gasteiger partial charge on any atom is -0.486 e. The highest BCUT2D eigenvalue weighted by Crippen LogP contribution is 2.31. The van der Waals surface area contributed by atoms with Crippen LogP contribution in [0.5, 0.6) is 11.5 Å². The summed E-state index contributed by atoms with van der Waals surface area (Å²) in [5.41, 5.74) is 2.84. The van der Waals surface area contributed by atoms with E-state index in [1.165, 1.54) is 0 Å². The maximum atomic E-state index is 13.7. The number of aryl methyl sites for hydroxylation is 1. The minimum atomic E-state index is -0.654. The van der Waals surface area contributed by atoms with Crippen LogP contribution >= 0.6 is 11.6 Å². The number of hydrogen-bond donors (Lipinski definition) is 1. The summed E-state index contributed by atoms with van der Waals surface area (Å²) in [6, 6.07) is 22.3. The summed E-state index contributed by atoms with van der Waals surface area (Å²) in [6.45, 7) is 3.70. The molecule has 1 aliphatic heterocycles. The molecule has 3 aromatic rings. The van der Waals surface area contributed by atoms with Gasteiger partial charge in [-0.2, -0.15) is 0 Å². The van der Waals surface area contributed by atoms with Crippen LogP contribution in [0.25, 0.3) is 0 Å². The normalized spacial score (nSPS) is 13.1. The van der Waals surface area contributed by atoms with Gasteiger partial charge in [0.1, 0.15) is 19.3 Å². The monoisotopic (exact) mass is 506 g/mol. The predicted octanol–water partition coefficient (Wildman–Crippen LogP) is 4.82. The van der Waals surface area contributed by atoms with Crippen LogP contribution < -0.4 is 14.8 Å². The van der Waals surface area contributed by atoms with Gasteiger partial charge in [-0.15, -0.1) is 0 Å². The predicted molar refractivity (Wildman–Crippen MR) is 140 cm³/mol. The molecule has 0 saturated heterocycles. The van der Waals surface area contributed by atoms with Crippen LogP contribution in [-0.2, 0) is 29.0 Å². The van der Waals surface area contributed by atoms with Gasteiger partial charge < -0.3 is 19.7 Å². The molecule has 0 aromatic heterocycles. The van der Waals surface area contributed by atoms with Crippen molar-refractivity contribution in [1.82, 2.24) is 10.2 Å². The fraction of sp³-hybridized carbons (Fsp3) is 0.310. The molecule has 1 atom stereocenters. The molecule has 1 aliphatic rings. The Kier molecular flexibility index (Phi) is 8.85. The third kappa shape index (κ3) is 6.79. The first-order valence-electron chi connectivity index (χ1n) is 12.3. The molecule has 0 radical (unpaired) electrons. The molecule has 0 bridgehead atoms. The van der Waals surface area contributed by atoms with Gasteiger partial charge in [-0.25, -0.2) is 0 Å². The van der Waals surface area contributed by atoms with Crippen molar-refractivity contribution >= 4 is 23.4 Å². The molecule has 7 heteroatoms. The lowest BCUT2D eigenvalue weighted by Crippen LogP contribution is -2.50. The van der Waals surface area contributed by atoms with Crippen molar-refractivity contribution in [3.05, 3.63) is 94.5 Å². The van der Waals surface area contributed by atoms with Crippen LogP contribution in [0.2, 0.25) is 5.02 Å². The number of carbonyl (C=O) groups excluding carboxylic acids is 2. The third-order valence-corrected chi connectivity index (χ3v) is 6.33. The van der Waals surface area contributed by atoms with Crippen molar-refractivity contribution in [2.24, 2.45) is 0 Å². The Morgan fingerprint density at radius 3 is 2.42 bits per heavy atom. The van der Waals surface area contributed by atoms with E-state index in [0.29, 0.717) is 43.4 Å². The van der Waals surface area contributed by atoms with Gasteiger partial charge in [-0.3, -0.25) is 9.59 Å². The number of nitrogens with one attached hydrogen (secondary N) is 1.